The van der Waals surface area contributed by atoms with Gasteiger partial charge in [-0.3, -0.25) is 24.2 Å². The van der Waals surface area contributed by atoms with Crippen LogP contribution < -0.4 is 16.4 Å². The quantitative estimate of drug-likeness (QED) is 0.506. The lowest BCUT2D eigenvalue weighted by atomic mass is 10.1. The Hall–Kier alpha value is -2.78. The van der Waals surface area contributed by atoms with E-state index in [2.05, 4.69) is 20.6 Å². The molecule has 10 nitrogen and oxygen atoms in total. The Morgan fingerprint density at radius 2 is 2.19 bits per heavy atom. The standard InChI is InChI=1S/C16H22N6O4/c17-14(24)12-2-1-5-22(12)16(26)11(6-9-7-18-8-19-9)21-15(25)10-3-4-13(23)20-10/h7-12H,1-6H2,(H2,17,24)(H,20,23)(H,21,25)/t9?,10-,11-,12-/m0/s1. The molecule has 10 heteroatoms. The summed E-state index contributed by atoms with van der Waals surface area (Å²) in [5.41, 5.74) is 5.39. The number of nitrogens with one attached hydrogen (secondary N) is 2. The van der Waals surface area contributed by atoms with E-state index in [1.54, 1.807) is 6.21 Å². The number of carbonyl (C=O) groups excluding carboxylic acids is 4. The molecule has 140 valence electrons. The average molecular weight is 362 g/mol. The lowest BCUT2D eigenvalue weighted by molar-refractivity contribution is -0.141. The molecule has 0 bridgehead atoms. The van der Waals surface area contributed by atoms with Crippen molar-refractivity contribution in [2.24, 2.45) is 15.7 Å². The van der Waals surface area contributed by atoms with Crippen LogP contribution in [0.5, 0.6) is 0 Å². The summed E-state index contributed by atoms with van der Waals surface area (Å²) in [6.45, 7) is 0.418. The molecular weight excluding hydrogens is 340 g/mol. The molecule has 0 spiro atoms. The lowest BCUT2D eigenvalue weighted by Crippen LogP contribution is -2.56. The first kappa shape index (κ1) is 18.0. The zero-order valence-electron chi connectivity index (χ0n) is 14.3. The first-order valence-electron chi connectivity index (χ1n) is 8.70. The Morgan fingerprint density at radius 1 is 1.38 bits per heavy atom. The molecule has 3 aliphatic rings. The summed E-state index contributed by atoms with van der Waals surface area (Å²) in [5.74, 6) is -1.51. The Labute approximate surface area is 150 Å². The molecule has 0 aliphatic carbocycles. The lowest BCUT2D eigenvalue weighted by Gasteiger charge is -2.29. The van der Waals surface area contributed by atoms with Crippen molar-refractivity contribution in [3.8, 4) is 0 Å². The maximum absolute atomic E-state index is 13.0. The number of nitrogens with zero attached hydrogens (tertiary/aromatic N) is 3. The highest BCUT2D eigenvalue weighted by Gasteiger charge is 2.38. The van der Waals surface area contributed by atoms with Crippen molar-refractivity contribution in [1.82, 2.24) is 15.5 Å². The van der Waals surface area contributed by atoms with Gasteiger partial charge in [0.25, 0.3) is 0 Å². The number of hydrogen-bond donors (Lipinski definition) is 3. The van der Waals surface area contributed by atoms with Crippen LogP contribution in [0.4, 0.5) is 0 Å². The Bertz CT molecular complexity index is 664. The maximum atomic E-state index is 13.0. The van der Waals surface area contributed by atoms with Crippen molar-refractivity contribution in [2.75, 3.05) is 6.54 Å². The van der Waals surface area contributed by atoms with Gasteiger partial charge in [-0.15, -0.1) is 0 Å². The highest BCUT2D eigenvalue weighted by molar-refractivity contribution is 5.96. The third-order valence-electron chi connectivity index (χ3n) is 4.85. The molecule has 3 heterocycles. The zero-order valence-corrected chi connectivity index (χ0v) is 14.3. The molecule has 2 fully saturated rings. The van der Waals surface area contributed by atoms with Crippen molar-refractivity contribution in [3.05, 3.63) is 0 Å². The summed E-state index contributed by atoms with van der Waals surface area (Å²) < 4.78 is 0. The van der Waals surface area contributed by atoms with Crippen molar-refractivity contribution in [2.45, 2.75) is 56.3 Å². The van der Waals surface area contributed by atoms with E-state index in [9.17, 15) is 19.2 Å². The van der Waals surface area contributed by atoms with Gasteiger partial charge in [0, 0.05) is 25.6 Å². The Balaban J connectivity index is 1.71. The number of nitrogens with two attached hydrogens (primary N) is 1. The molecule has 3 aliphatic heterocycles. The van der Waals surface area contributed by atoms with Gasteiger partial charge < -0.3 is 21.3 Å². The summed E-state index contributed by atoms with van der Waals surface area (Å²) in [7, 11) is 0. The number of rotatable bonds is 6. The molecule has 1 unspecified atom stereocenters. The van der Waals surface area contributed by atoms with Crippen LogP contribution >= 0.6 is 0 Å². The van der Waals surface area contributed by atoms with Crippen LogP contribution in [0.3, 0.4) is 0 Å². The van der Waals surface area contributed by atoms with Gasteiger partial charge >= 0.3 is 0 Å². The largest absolute Gasteiger partial charge is 0.368 e. The first-order valence-corrected chi connectivity index (χ1v) is 8.70. The number of primary amides is 1. The second kappa shape index (κ2) is 7.63. The minimum absolute atomic E-state index is 0.186. The Morgan fingerprint density at radius 3 is 2.81 bits per heavy atom. The van der Waals surface area contributed by atoms with Crippen molar-refractivity contribution in [1.29, 1.82) is 0 Å². The third kappa shape index (κ3) is 3.89. The number of aliphatic imine (C=N–C) groups is 2. The average Bonchev–Trinajstić information content (AvgIpc) is 3.34. The minimum atomic E-state index is -0.869. The molecule has 4 N–H and O–H groups in total. The summed E-state index contributed by atoms with van der Waals surface area (Å²) in [4.78, 5) is 57.8. The minimum Gasteiger partial charge on any atom is -0.368 e. The molecule has 26 heavy (non-hydrogen) atoms. The molecule has 2 saturated heterocycles. The zero-order chi connectivity index (χ0) is 18.7. The van der Waals surface area contributed by atoms with Gasteiger partial charge in [0.1, 0.15) is 24.5 Å². The van der Waals surface area contributed by atoms with E-state index in [-0.39, 0.29) is 30.7 Å². The third-order valence-corrected chi connectivity index (χ3v) is 4.85. The molecule has 3 rings (SSSR count). The second-order valence-corrected chi connectivity index (χ2v) is 6.68. The van der Waals surface area contributed by atoms with Gasteiger partial charge in [0.2, 0.25) is 23.6 Å². The van der Waals surface area contributed by atoms with Gasteiger partial charge in [0.05, 0.1) is 6.04 Å². The molecule has 0 radical (unpaired) electrons. The maximum Gasteiger partial charge on any atom is 0.245 e. The van der Waals surface area contributed by atoms with E-state index in [1.165, 1.54) is 11.2 Å². The molecule has 4 amide bonds. The number of amides is 4. The van der Waals surface area contributed by atoms with Gasteiger partial charge in [-0.05, 0) is 19.3 Å². The molecule has 4 atom stereocenters. The van der Waals surface area contributed by atoms with Gasteiger partial charge in [-0.1, -0.05) is 0 Å². The predicted molar refractivity (Wildman–Crippen MR) is 92.4 cm³/mol. The topological polar surface area (TPSA) is 146 Å². The van der Waals surface area contributed by atoms with E-state index in [0.717, 1.165) is 0 Å². The van der Waals surface area contributed by atoms with E-state index >= 15 is 0 Å². The van der Waals surface area contributed by atoms with Crippen molar-refractivity contribution >= 4 is 36.2 Å². The molecule has 0 aromatic rings. The molecule has 0 aromatic carbocycles. The van der Waals surface area contributed by atoms with Crippen LogP contribution in [0.1, 0.15) is 32.1 Å². The van der Waals surface area contributed by atoms with Crippen LogP contribution in [0, 0.1) is 0 Å². The van der Waals surface area contributed by atoms with Crippen LogP contribution in [0.15, 0.2) is 9.98 Å². The molecule has 0 aromatic heterocycles. The highest BCUT2D eigenvalue weighted by atomic mass is 16.2. The fourth-order valence-electron chi connectivity index (χ4n) is 3.49. The van der Waals surface area contributed by atoms with E-state index in [0.29, 0.717) is 25.8 Å². The summed E-state index contributed by atoms with van der Waals surface area (Å²) in [6, 6.07) is -2.50. The van der Waals surface area contributed by atoms with Crippen LogP contribution in [0.25, 0.3) is 0 Å². The van der Waals surface area contributed by atoms with Crippen molar-refractivity contribution in [3.63, 3.8) is 0 Å². The SMILES string of the molecule is NC(=O)[C@@H]1CCCN1C(=O)[C@H](CC1C=NC=N1)NC(=O)[C@@H]1CCC(=O)N1. The Kier molecular flexibility index (Phi) is 5.29. The fraction of sp³-hybridized carbons (Fsp3) is 0.625. The second-order valence-electron chi connectivity index (χ2n) is 6.68. The van der Waals surface area contributed by atoms with Gasteiger partial charge in [-0.25, -0.2) is 4.99 Å². The molecule has 0 saturated carbocycles. The number of hydrogen-bond acceptors (Lipinski definition) is 6. The monoisotopic (exact) mass is 362 g/mol. The van der Waals surface area contributed by atoms with E-state index < -0.39 is 29.9 Å². The van der Waals surface area contributed by atoms with Crippen LogP contribution in [0.2, 0.25) is 0 Å². The van der Waals surface area contributed by atoms with Gasteiger partial charge in [-0.2, -0.15) is 0 Å². The van der Waals surface area contributed by atoms with E-state index in [1.807, 2.05) is 0 Å². The number of likely N-dealkylation sites (tertiary alicyclic amines) is 1. The van der Waals surface area contributed by atoms with Gasteiger partial charge in [0.15, 0.2) is 0 Å². The summed E-state index contributed by atoms with van der Waals surface area (Å²) in [5, 5.41) is 5.29. The summed E-state index contributed by atoms with van der Waals surface area (Å²) >= 11 is 0. The van der Waals surface area contributed by atoms with Crippen LogP contribution in [-0.4, -0.2) is 71.8 Å². The highest BCUT2D eigenvalue weighted by Crippen LogP contribution is 2.20. The summed E-state index contributed by atoms with van der Waals surface area (Å²) in [6.07, 6.45) is 5.10. The molecular formula is C16H22N6O4. The van der Waals surface area contributed by atoms with Crippen LogP contribution in [-0.2, 0) is 19.2 Å². The normalized spacial score (nSPS) is 28.2. The smallest absolute Gasteiger partial charge is 0.245 e. The van der Waals surface area contributed by atoms with E-state index in [4.69, 9.17) is 5.73 Å². The van der Waals surface area contributed by atoms with Crippen molar-refractivity contribution < 1.29 is 19.2 Å². The number of carbonyl (C=O) groups is 4. The predicted octanol–water partition coefficient (Wildman–Crippen LogP) is -1.90. The first-order chi connectivity index (χ1) is 12.5. The fourth-order valence-corrected chi connectivity index (χ4v) is 3.49.